The lowest BCUT2D eigenvalue weighted by atomic mass is 10.1. The van der Waals surface area contributed by atoms with Gasteiger partial charge in [-0.3, -0.25) is 10.1 Å². The molecule has 4 aromatic rings. The summed E-state index contributed by atoms with van der Waals surface area (Å²) in [5.74, 6) is 1.06. The summed E-state index contributed by atoms with van der Waals surface area (Å²) in [4.78, 5) is 13.4. The van der Waals surface area contributed by atoms with Gasteiger partial charge in [0.15, 0.2) is 10.9 Å². The molecule has 0 aliphatic heterocycles. The molecule has 2 heterocycles. The summed E-state index contributed by atoms with van der Waals surface area (Å²) in [6.45, 7) is 7.69. The van der Waals surface area contributed by atoms with Gasteiger partial charge in [0.2, 0.25) is 4.96 Å². The van der Waals surface area contributed by atoms with Crippen molar-refractivity contribution in [2.24, 2.45) is 0 Å². The van der Waals surface area contributed by atoms with E-state index in [1.54, 1.807) is 22.7 Å². The van der Waals surface area contributed by atoms with E-state index in [4.69, 9.17) is 17.0 Å². The predicted octanol–water partition coefficient (Wildman–Crippen LogP) is 4.38. The number of anilines is 1. The van der Waals surface area contributed by atoms with Crippen molar-refractivity contribution in [3.63, 3.8) is 0 Å². The highest BCUT2D eigenvalue weighted by atomic mass is 32.1. The van der Waals surface area contributed by atoms with E-state index in [9.17, 15) is 4.79 Å². The van der Waals surface area contributed by atoms with Crippen LogP contribution in [0, 0.1) is 13.8 Å². The predicted molar refractivity (Wildman–Crippen MR) is 129 cm³/mol. The van der Waals surface area contributed by atoms with Crippen LogP contribution >= 0.6 is 23.6 Å². The Balaban J connectivity index is 1.48. The van der Waals surface area contributed by atoms with Crippen LogP contribution in [0.1, 0.15) is 35.6 Å². The van der Waals surface area contributed by atoms with Crippen molar-refractivity contribution in [1.29, 1.82) is 0 Å². The van der Waals surface area contributed by atoms with Crippen molar-refractivity contribution in [1.82, 2.24) is 25.1 Å². The van der Waals surface area contributed by atoms with Gasteiger partial charge < -0.3 is 10.1 Å². The van der Waals surface area contributed by atoms with Crippen molar-refractivity contribution < 1.29 is 9.53 Å². The largest absolute Gasteiger partial charge is 0.491 e. The van der Waals surface area contributed by atoms with Crippen LogP contribution in [-0.2, 0) is 0 Å². The number of nitrogens with one attached hydrogen (secondary N) is 2. The number of hydrogen-bond donors (Lipinski definition) is 2. The molecule has 0 fully saturated rings. The fraction of sp³-hybridized carbons (Fsp3) is 0.227. The lowest BCUT2D eigenvalue weighted by molar-refractivity contribution is 0.0977. The summed E-state index contributed by atoms with van der Waals surface area (Å²) in [7, 11) is 0. The van der Waals surface area contributed by atoms with Crippen molar-refractivity contribution in [3.05, 3.63) is 59.4 Å². The molecular weight excluding hydrogens is 444 g/mol. The van der Waals surface area contributed by atoms with Gasteiger partial charge >= 0.3 is 0 Å². The zero-order valence-corrected chi connectivity index (χ0v) is 19.7. The third kappa shape index (κ3) is 4.76. The molecule has 0 saturated heterocycles. The average Bonchev–Trinajstić information content (AvgIpc) is 3.31. The molecule has 0 bridgehead atoms. The van der Waals surface area contributed by atoms with E-state index in [1.165, 1.54) is 11.3 Å². The Morgan fingerprint density at radius 2 is 1.97 bits per heavy atom. The minimum atomic E-state index is -0.311. The van der Waals surface area contributed by atoms with Gasteiger partial charge in [0, 0.05) is 16.8 Å². The Labute approximate surface area is 194 Å². The third-order valence-corrected chi connectivity index (χ3v) is 5.73. The van der Waals surface area contributed by atoms with E-state index in [0.717, 1.165) is 32.6 Å². The molecule has 4 rings (SSSR count). The number of aryl methyl sites for hydroxylation is 2. The molecule has 0 atom stereocenters. The number of thiocarbonyl (C=S) groups is 1. The Morgan fingerprint density at radius 1 is 1.16 bits per heavy atom. The molecule has 2 aromatic heterocycles. The molecule has 164 valence electrons. The molecule has 8 nitrogen and oxygen atoms in total. The van der Waals surface area contributed by atoms with E-state index in [0.29, 0.717) is 11.3 Å². The molecule has 0 aliphatic carbocycles. The minimum absolute atomic E-state index is 0.0218. The molecule has 0 spiro atoms. The van der Waals surface area contributed by atoms with Crippen molar-refractivity contribution in [3.8, 4) is 16.3 Å². The quantitative estimate of drug-likeness (QED) is 0.422. The second-order valence-electron chi connectivity index (χ2n) is 7.48. The normalized spacial score (nSPS) is 11.0. The lowest BCUT2D eigenvalue weighted by Gasteiger charge is -2.14. The molecule has 0 radical (unpaired) electrons. The highest BCUT2D eigenvalue weighted by molar-refractivity contribution is 7.80. The number of carbonyl (C=O) groups is 1. The van der Waals surface area contributed by atoms with Gasteiger partial charge in [-0.25, -0.2) is 0 Å². The summed E-state index contributed by atoms with van der Waals surface area (Å²) in [5.41, 5.74) is 3.15. The highest BCUT2D eigenvalue weighted by Gasteiger charge is 2.14. The number of fused-ring (bicyclic) bond motifs is 1. The molecule has 32 heavy (non-hydrogen) atoms. The molecule has 1 amide bonds. The zero-order valence-electron chi connectivity index (χ0n) is 18.0. The number of rotatable bonds is 5. The Kier molecular flexibility index (Phi) is 6.15. The van der Waals surface area contributed by atoms with Crippen LogP contribution in [0.5, 0.6) is 5.75 Å². The Hall–Kier alpha value is -3.37. The smallest absolute Gasteiger partial charge is 0.257 e. The standard InChI is InChI=1S/C22H22N6O2S2/c1-12(2)30-17-7-5-6-15(10-17)19(29)24-21(31)23-18-11-16(9-8-13(18)3)20-27-28-14(4)25-26-22(28)32-20/h5-12H,1-4H3,(H2,23,24,29,31). The van der Waals surface area contributed by atoms with Gasteiger partial charge in [0.25, 0.3) is 5.91 Å². The number of ether oxygens (including phenoxy) is 1. The first kappa shape index (κ1) is 21.8. The lowest BCUT2D eigenvalue weighted by Crippen LogP contribution is -2.34. The fourth-order valence-corrected chi connectivity index (χ4v) is 4.12. The molecule has 0 saturated carbocycles. The highest BCUT2D eigenvalue weighted by Crippen LogP contribution is 2.29. The summed E-state index contributed by atoms with van der Waals surface area (Å²) in [6.07, 6.45) is 0.0218. The van der Waals surface area contributed by atoms with Crippen molar-refractivity contribution in [2.75, 3.05) is 5.32 Å². The third-order valence-electron chi connectivity index (χ3n) is 4.57. The minimum Gasteiger partial charge on any atom is -0.491 e. The maximum Gasteiger partial charge on any atom is 0.257 e. The number of amides is 1. The van der Waals surface area contributed by atoms with Gasteiger partial charge in [-0.2, -0.15) is 9.61 Å². The maximum absolute atomic E-state index is 12.6. The van der Waals surface area contributed by atoms with Crippen LogP contribution in [0.3, 0.4) is 0 Å². The van der Waals surface area contributed by atoms with Crippen LogP contribution < -0.4 is 15.4 Å². The molecule has 2 N–H and O–H groups in total. The van der Waals surface area contributed by atoms with E-state index >= 15 is 0 Å². The fourth-order valence-electron chi connectivity index (χ4n) is 3.03. The van der Waals surface area contributed by atoms with Gasteiger partial charge in [0.05, 0.1) is 6.10 Å². The molecule has 0 unspecified atom stereocenters. The van der Waals surface area contributed by atoms with Gasteiger partial charge in [-0.1, -0.05) is 29.5 Å². The monoisotopic (exact) mass is 466 g/mol. The van der Waals surface area contributed by atoms with Gasteiger partial charge in [-0.15, -0.1) is 10.2 Å². The zero-order chi connectivity index (χ0) is 22.8. The van der Waals surface area contributed by atoms with Crippen LogP contribution in [0.25, 0.3) is 15.5 Å². The molecule has 0 aliphatic rings. The van der Waals surface area contributed by atoms with E-state index in [2.05, 4.69) is 25.9 Å². The van der Waals surface area contributed by atoms with Gasteiger partial charge in [0.1, 0.15) is 10.8 Å². The summed E-state index contributed by atoms with van der Waals surface area (Å²) < 4.78 is 7.37. The second kappa shape index (κ2) is 9.01. The van der Waals surface area contributed by atoms with Crippen molar-refractivity contribution in [2.45, 2.75) is 33.8 Å². The number of hydrogen-bond acceptors (Lipinski definition) is 7. The van der Waals surface area contributed by atoms with Crippen molar-refractivity contribution >= 4 is 45.2 Å². The summed E-state index contributed by atoms with van der Waals surface area (Å²) in [5, 5.41) is 19.6. The first-order valence-electron chi connectivity index (χ1n) is 9.99. The van der Waals surface area contributed by atoms with E-state index < -0.39 is 0 Å². The topological polar surface area (TPSA) is 93.4 Å². The maximum atomic E-state index is 12.6. The molecule has 10 heteroatoms. The van der Waals surface area contributed by atoms with Gasteiger partial charge in [-0.05, 0) is 69.7 Å². The van der Waals surface area contributed by atoms with E-state index in [1.807, 2.05) is 52.0 Å². The number of nitrogens with zero attached hydrogens (tertiary/aromatic N) is 4. The van der Waals surface area contributed by atoms with Crippen LogP contribution in [0.15, 0.2) is 42.5 Å². The first-order valence-corrected chi connectivity index (χ1v) is 11.2. The Morgan fingerprint density at radius 3 is 2.72 bits per heavy atom. The Bertz CT molecular complexity index is 1310. The van der Waals surface area contributed by atoms with Crippen LogP contribution in [-0.4, -0.2) is 36.9 Å². The second-order valence-corrected chi connectivity index (χ2v) is 8.85. The molecule has 2 aromatic carbocycles. The number of aromatic nitrogens is 4. The first-order chi connectivity index (χ1) is 15.3. The molecular formula is C22H22N6O2S2. The summed E-state index contributed by atoms with van der Waals surface area (Å²) in [6, 6.07) is 12.9. The summed E-state index contributed by atoms with van der Waals surface area (Å²) >= 11 is 6.83. The SMILES string of the molecule is Cc1ccc(-c2nn3c(C)nnc3s2)cc1NC(=S)NC(=O)c1cccc(OC(C)C)c1. The van der Waals surface area contributed by atoms with Crippen LogP contribution in [0.4, 0.5) is 5.69 Å². The van der Waals surface area contributed by atoms with Crippen LogP contribution in [0.2, 0.25) is 0 Å². The van der Waals surface area contributed by atoms with E-state index in [-0.39, 0.29) is 17.1 Å². The average molecular weight is 467 g/mol. The number of carbonyl (C=O) groups excluding carboxylic acids is 1. The number of benzene rings is 2.